The average Bonchev–Trinajstić information content (AvgIpc) is 2.62. The first-order valence-electron chi connectivity index (χ1n) is 9.54. The van der Waals surface area contributed by atoms with Crippen molar-refractivity contribution >= 4 is 11.6 Å². The van der Waals surface area contributed by atoms with Gasteiger partial charge >= 0.3 is 0 Å². The Morgan fingerprint density at radius 3 is 2.85 bits per heavy atom. The van der Waals surface area contributed by atoms with Gasteiger partial charge in [0.2, 0.25) is 5.88 Å². The quantitative estimate of drug-likeness (QED) is 0.676. The minimum absolute atomic E-state index is 0.0632. The molecule has 1 aromatic rings. The molecule has 2 unspecified atom stereocenters. The van der Waals surface area contributed by atoms with Crippen LogP contribution in [0.3, 0.4) is 0 Å². The number of rotatable bonds is 9. The number of aryl methyl sites for hydroxylation is 1. The van der Waals surface area contributed by atoms with Crippen LogP contribution in [-0.4, -0.2) is 43.4 Å². The molecule has 0 bridgehead atoms. The van der Waals surface area contributed by atoms with Crippen molar-refractivity contribution in [1.29, 1.82) is 0 Å². The zero-order valence-electron chi connectivity index (χ0n) is 16.5. The maximum absolute atomic E-state index is 13.0. The lowest BCUT2D eigenvalue weighted by Crippen LogP contribution is -2.48. The molecular formula is C20H32N2O4. The number of nitrogens with one attached hydrogen (secondary N) is 1. The van der Waals surface area contributed by atoms with E-state index in [0.717, 1.165) is 37.7 Å². The molecule has 1 aliphatic carbocycles. The first-order chi connectivity index (χ1) is 12.5. The Hall–Kier alpha value is -1.66. The molecule has 1 aromatic heterocycles. The number of hydrogen-bond donors (Lipinski definition) is 1. The lowest BCUT2D eigenvalue weighted by Gasteiger charge is -2.38. The van der Waals surface area contributed by atoms with Crippen LogP contribution in [0.4, 0.5) is 5.69 Å². The van der Waals surface area contributed by atoms with E-state index < -0.39 is 5.60 Å². The smallest absolute Gasteiger partial charge is 0.256 e. The first kappa shape index (κ1) is 20.6. The van der Waals surface area contributed by atoms with Gasteiger partial charge in [-0.15, -0.1) is 0 Å². The van der Waals surface area contributed by atoms with Crippen LogP contribution in [0.2, 0.25) is 0 Å². The fourth-order valence-electron chi connectivity index (χ4n) is 3.45. The summed E-state index contributed by atoms with van der Waals surface area (Å²) in [6, 6.07) is 1.88. The van der Waals surface area contributed by atoms with Gasteiger partial charge in [0.1, 0.15) is 12.2 Å². The first-order valence-corrected chi connectivity index (χ1v) is 9.54. The molecule has 6 heteroatoms. The van der Waals surface area contributed by atoms with Crippen molar-refractivity contribution in [2.24, 2.45) is 5.92 Å². The maximum atomic E-state index is 13.0. The number of ether oxygens (including phenoxy) is 3. The zero-order valence-corrected chi connectivity index (χ0v) is 16.5. The summed E-state index contributed by atoms with van der Waals surface area (Å²) in [6.45, 7) is 7.72. The molecule has 6 nitrogen and oxygen atoms in total. The van der Waals surface area contributed by atoms with Crippen LogP contribution in [0.15, 0.2) is 12.3 Å². The number of carbonyl (C=O) groups is 1. The van der Waals surface area contributed by atoms with E-state index in [2.05, 4.69) is 24.1 Å². The summed E-state index contributed by atoms with van der Waals surface area (Å²) in [5, 5.41) is 3.01. The molecule has 0 spiro atoms. The second-order valence-corrected chi connectivity index (χ2v) is 7.19. The van der Waals surface area contributed by atoms with Gasteiger partial charge in [0.15, 0.2) is 0 Å². The van der Waals surface area contributed by atoms with Crippen molar-refractivity contribution in [1.82, 2.24) is 4.98 Å². The molecule has 26 heavy (non-hydrogen) atoms. The molecule has 0 aromatic carbocycles. The summed E-state index contributed by atoms with van der Waals surface area (Å²) in [6.07, 6.45) is 6.24. The van der Waals surface area contributed by atoms with E-state index in [1.165, 1.54) is 0 Å². The van der Waals surface area contributed by atoms with Gasteiger partial charge in [-0.25, -0.2) is 4.98 Å². The molecule has 1 aliphatic rings. The molecule has 1 saturated carbocycles. The van der Waals surface area contributed by atoms with E-state index >= 15 is 0 Å². The minimum atomic E-state index is -0.727. The standard InChI is InChI=1S/C20H32N2O4/c1-5-9-26-20(8-6-7-15(2)13-20)19(23)22-17-12-16(3)18(21-14-17)25-11-10-24-4/h12,14-15H,5-11,13H2,1-4H3,(H,22,23). The fourth-order valence-corrected chi connectivity index (χ4v) is 3.45. The molecule has 0 radical (unpaired) electrons. The van der Waals surface area contributed by atoms with Crippen LogP contribution in [-0.2, 0) is 14.3 Å². The highest BCUT2D eigenvalue weighted by atomic mass is 16.5. The molecule has 1 heterocycles. The van der Waals surface area contributed by atoms with Crippen molar-refractivity contribution in [2.45, 2.75) is 58.5 Å². The van der Waals surface area contributed by atoms with Gasteiger partial charge in [-0.2, -0.15) is 0 Å². The summed E-state index contributed by atoms with van der Waals surface area (Å²) >= 11 is 0. The van der Waals surface area contributed by atoms with Gasteiger partial charge in [-0.1, -0.05) is 20.3 Å². The molecule has 0 saturated heterocycles. The Morgan fingerprint density at radius 1 is 1.38 bits per heavy atom. The number of methoxy groups -OCH3 is 1. The predicted molar refractivity (Wildman–Crippen MR) is 102 cm³/mol. The van der Waals surface area contributed by atoms with Crippen LogP contribution >= 0.6 is 0 Å². The average molecular weight is 364 g/mol. The largest absolute Gasteiger partial charge is 0.475 e. The summed E-state index contributed by atoms with van der Waals surface area (Å²) < 4.78 is 16.6. The molecule has 1 fully saturated rings. The van der Waals surface area contributed by atoms with E-state index in [9.17, 15) is 4.79 Å². The van der Waals surface area contributed by atoms with Crippen LogP contribution in [0, 0.1) is 12.8 Å². The van der Waals surface area contributed by atoms with Gasteiger partial charge in [-0.3, -0.25) is 4.79 Å². The number of carbonyl (C=O) groups excluding carboxylic acids is 1. The Kier molecular flexibility index (Phi) is 7.85. The lowest BCUT2D eigenvalue weighted by atomic mass is 9.78. The number of anilines is 1. The van der Waals surface area contributed by atoms with Gasteiger partial charge in [0, 0.05) is 19.3 Å². The van der Waals surface area contributed by atoms with Gasteiger partial charge in [0.25, 0.3) is 5.91 Å². The summed E-state index contributed by atoms with van der Waals surface area (Å²) in [4.78, 5) is 17.4. The molecule has 2 atom stereocenters. The third-order valence-electron chi connectivity index (χ3n) is 4.77. The van der Waals surface area contributed by atoms with Gasteiger partial charge < -0.3 is 19.5 Å². The second kappa shape index (κ2) is 9.88. The Bertz CT molecular complexity index is 593. The predicted octanol–water partition coefficient (Wildman–Crippen LogP) is 3.73. The van der Waals surface area contributed by atoms with E-state index in [1.807, 2.05) is 13.0 Å². The van der Waals surface area contributed by atoms with Gasteiger partial charge in [0.05, 0.1) is 18.5 Å². The highest BCUT2D eigenvalue weighted by molar-refractivity contribution is 5.97. The van der Waals surface area contributed by atoms with E-state index in [-0.39, 0.29) is 5.91 Å². The van der Waals surface area contributed by atoms with Crippen LogP contribution in [0.5, 0.6) is 5.88 Å². The maximum Gasteiger partial charge on any atom is 0.256 e. The highest BCUT2D eigenvalue weighted by Gasteiger charge is 2.42. The minimum Gasteiger partial charge on any atom is -0.475 e. The zero-order chi connectivity index (χ0) is 19.0. The molecular weight excluding hydrogens is 332 g/mol. The van der Waals surface area contributed by atoms with Crippen LogP contribution < -0.4 is 10.1 Å². The molecule has 146 valence electrons. The van der Waals surface area contributed by atoms with Crippen LogP contribution in [0.25, 0.3) is 0 Å². The normalized spacial score (nSPS) is 22.8. The number of pyridine rings is 1. The summed E-state index contributed by atoms with van der Waals surface area (Å²) in [5.41, 5.74) is 0.818. The van der Waals surface area contributed by atoms with Crippen molar-refractivity contribution in [3.05, 3.63) is 17.8 Å². The second-order valence-electron chi connectivity index (χ2n) is 7.19. The molecule has 0 aliphatic heterocycles. The number of hydrogen-bond acceptors (Lipinski definition) is 5. The summed E-state index contributed by atoms with van der Waals surface area (Å²) in [5.74, 6) is 0.984. The SMILES string of the molecule is CCCOC1(C(=O)Nc2cnc(OCCOC)c(C)c2)CCCC(C)C1. The molecule has 1 amide bonds. The Labute approximate surface area is 156 Å². The Balaban J connectivity index is 2.07. The Morgan fingerprint density at radius 2 is 2.19 bits per heavy atom. The van der Waals surface area contributed by atoms with Crippen molar-refractivity contribution in [3.63, 3.8) is 0 Å². The van der Waals surface area contributed by atoms with E-state index in [4.69, 9.17) is 14.2 Å². The van der Waals surface area contributed by atoms with E-state index in [1.54, 1.807) is 13.3 Å². The van der Waals surface area contributed by atoms with Crippen LogP contribution in [0.1, 0.15) is 51.5 Å². The lowest BCUT2D eigenvalue weighted by molar-refractivity contribution is -0.148. The number of amides is 1. The monoisotopic (exact) mass is 364 g/mol. The van der Waals surface area contributed by atoms with Crippen molar-refractivity contribution < 1.29 is 19.0 Å². The van der Waals surface area contributed by atoms with Gasteiger partial charge in [-0.05, 0) is 44.6 Å². The molecule has 2 rings (SSSR count). The summed E-state index contributed by atoms with van der Waals surface area (Å²) in [7, 11) is 1.63. The fraction of sp³-hybridized carbons (Fsp3) is 0.700. The number of nitrogens with zero attached hydrogens (tertiary/aromatic N) is 1. The third-order valence-corrected chi connectivity index (χ3v) is 4.77. The molecule has 1 N–H and O–H groups in total. The number of aromatic nitrogens is 1. The highest BCUT2D eigenvalue weighted by Crippen LogP contribution is 2.36. The van der Waals surface area contributed by atoms with Crippen molar-refractivity contribution in [3.8, 4) is 5.88 Å². The third kappa shape index (κ3) is 5.42. The van der Waals surface area contributed by atoms with E-state index in [0.29, 0.717) is 37.3 Å². The topological polar surface area (TPSA) is 69.7 Å². The van der Waals surface area contributed by atoms with Crippen molar-refractivity contribution in [2.75, 3.05) is 32.2 Å².